The standard InChI is InChI=1S/C18H2F18N2O10S2/c19-11(20,15(27,28)29)13(23,24)17(33,34)49(43,44)47-37-7(39)3-1-4-6(2-5(3)9(37)41)10(42)38(8(4)40)48-50(45,46)18(35,36)14(25,26)12(21,22)16(30,31)32/h1-2H. The van der Waals surface area contributed by atoms with E-state index in [2.05, 4.69) is 8.57 Å². The summed E-state index contributed by atoms with van der Waals surface area (Å²) >= 11 is 0. The fraction of sp³-hybridized carbons (Fsp3) is 0.444. The first-order chi connectivity index (χ1) is 21.8. The summed E-state index contributed by atoms with van der Waals surface area (Å²) in [7, 11) is -16.0. The van der Waals surface area contributed by atoms with E-state index in [1.165, 1.54) is 0 Å². The first-order valence-corrected chi connectivity index (χ1v) is 13.9. The number of halogens is 18. The summed E-state index contributed by atoms with van der Waals surface area (Å²) in [5.41, 5.74) is -10.3. The molecule has 12 nitrogen and oxygen atoms in total. The Bertz CT molecular complexity index is 2090. The van der Waals surface area contributed by atoms with Gasteiger partial charge in [0.15, 0.2) is 0 Å². The molecule has 0 aliphatic rings. The van der Waals surface area contributed by atoms with E-state index in [4.69, 9.17) is 0 Å². The van der Waals surface area contributed by atoms with E-state index < -0.39 is 120 Å². The number of benzene rings is 1. The van der Waals surface area contributed by atoms with Crippen LogP contribution in [0.15, 0.2) is 31.3 Å². The minimum absolute atomic E-state index is 0.258. The van der Waals surface area contributed by atoms with E-state index in [9.17, 15) is 115 Å². The van der Waals surface area contributed by atoms with Crippen LogP contribution in [-0.2, 0) is 20.2 Å². The zero-order valence-corrected chi connectivity index (χ0v) is 23.4. The van der Waals surface area contributed by atoms with Gasteiger partial charge in [0.2, 0.25) is 0 Å². The van der Waals surface area contributed by atoms with Crippen molar-refractivity contribution in [2.24, 2.45) is 0 Å². The summed E-state index contributed by atoms with van der Waals surface area (Å²) in [6.45, 7) is 0. The lowest BCUT2D eigenvalue weighted by atomic mass is 10.1. The molecular weight excluding hydrogens is 810 g/mol. The summed E-state index contributed by atoms with van der Waals surface area (Å²) in [4.78, 5) is 49.6. The van der Waals surface area contributed by atoms with Crippen molar-refractivity contribution in [2.75, 3.05) is 0 Å². The Morgan fingerprint density at radius 1 is 0.400 bits per heavy atom. The van der Waals surface area contributed by atoms with Crippen molar-refractivity contribution >= 4 is 41.8 Å². The van der Waals surface area contributed by atoms with Gasteiger partial charge in [0.1, 0.15) is 0 Å². The number of aromatic nitrogens is 2. The fourth-order valence-electron chi connectivity index (χ4n) is 3.39. The summed E-state index contributed by atoms with van der Waals surface area (Å²) < 4.78 is 286. The van der Waals surface area contributed by atoms with Crippen molar-refractivity contribution in [3.8, 4) is 0 Å². The van der Waals surface area contributed by atoms with Gasteiger partial charge in [-0.15, -0.1) is 0 Å². The molecule has 0 saturated carbocycles. The van der Waals surface area contributed by atoms with Crippen LogP contribution in [0.25, 0.3) is 21.5 Å². The summed E-state index contributed by atoms with van der Waals surface area (Å²) in [5, 5.41) is -21.9. The van der Waals surface area contributed by atoms with Crippen LogP contribution in [0.5, 0.6) is 0 Å². The van der Waals surface area contributed by atoms with Crippen LogP contribution < -0.4 is 30.8 Å². The van der Waals surface area contributed by atoms with Gasteiger partial charge in [-0.25, -0.2) is 0 Å². The Kier molecular flexibility index (Phi) is 8.54. The molecule has 0 saturated heterocycles. The van der Waals surface area contributed by atoms with E-state index in [-0.39, 0.29) is 12.1 Å². The summed E-state index contributed by atoms with van der Waals surface area (Å²) in [6, 6.07) is -0.515. The maximum Gasteiger partial charge on any atom is 0.460 e. The Labute approximate surface area is 256 Å². The molecule has 282 valence electrons. The summed E-state index contributed by atoms with van der Waals surface area (Å²) in [6.07, 6.45) is -15.2. The number of rotatable bonds is 10. The van der Waals surface area contributed by atoms with Crippen LogP contribution >= 0.6 is 0 Å². The Hall–Kier alpha value is -4.26. The molecule has 1 aromatic carbocycles. The largest absolute Gasteiger partial charge is 0.460 e. The number of fused-ring (bicyclic) bond motifs is 2. The van der Waals surface area contributed by atoms with Gasteiger partial charge >= 0.3 is 66.8 Å². The van der Waals surface area contributed by atoms with Crippen LogP contribution in [0.2, 0.25) is 0 Å². The molecule has 3 rings (SSSR count). The van der Waals surface area contributed by atoms with Gasteiger partial charge in [0.05, 0.1) is 21.5 Å². The monoisotopic (exact) mass is 812 g/mol. The average molecular weight is 812 g/mol. The Morgan fingerprint density at radius 3 is 0.780 bits per heavy atom. The molecule has 0 N–H and O–H groups in total. The third-order valence-electron chi connectivity index (χ3n) is 6.02. The van der Waals surface area contributed by atoms with Crippen LogP contribution in [0.4, 0.5) is 79.0 Å². The quantitative estimate of drug-likeness (QED) is 0.278. The van der Waals surface area contributed by atoms with E-state index in [0.717, 1.165) is 0 Å². The topological polar surface area (TPSA) is 165 Å². The smallest absolute Gasteiger partial charge is 0.276 e. The molecule has 0 aliphatic heterocycles. The van der Waals surface area contributed by atoms with Gasteiger partial charge in [-0.1, -0.05) is 9.46 Å². The van der Waals surface area contributed by atoms with Gasteiger partial charge in [-0.05, 0) is 12.1 Å². The Balaban J connectivity index is 2.19. The highest BCUT2D eigenvalue weighted by molar-refractivity contribution is 7.88. The molecular formula is C18H2F18N2O10S2. The maximum atomic E-state index is 13.9. The highest BCUT2D eigenvalue weighted by Gasteiger charge is 2.87. The molecule has 32 heteroatoms. The van der Waals surface area contributed by atoms with Crippen LogP contribution in [-0.4, -0.2) is 72.8 Å². The van der Waals surface area contributed by atoms with Crippen molar-refractivity contribution in [2.45, 2.75) is 46.6 Å². The zero-order chi connectivity index (χ0) is 39.6. The van der Waals surface area contributed by atoms with Crippen molar-refractivity contribution < 1.29 is 104 Å². The molecule has 2 aromatic heterocycles. The second-order valence-electron chi connectivity index (χ2n) is 9.14. The Morgan fingerprint density at radius 2 is 0.600 bits per heavy atom. The molecule has 0 aliphatic carbocycles. The van der Waals surface area contributed by atoms with Crippen molar-refractivity contribution in [3.63, 3.8) is 0 Å². The number of nitrogens with zero attached hydrogens (tertiary/aromatic N) is 2. The van der Waals surface area contributed by atoms with Gasteiger partial charge < -0.3 is 0 Å². The lowest BCUT2D eigenvalue weighted by Crippen LogP contribution is -2.64. The van der Waals surface area contributed by atoms with Crippen molar-refractivity contribution in [3.05, 3.63) is 53.5 Å². The van der Waals surface area contributed by atoms with Gasteiger partial charge in [-0.3, -0.25) is 27.7 Å². The first kappa shape index (κ1) is 40.2. The molecule has 3 aromatic rings. The lowest BCUT2D eigenvalue weighted by Gasteiger charge is -2.32. The zero-order valence-electron chi connectivity index (χ0n) is 21.8. The molecule has 2 heterocycles. The molecule has 0 atom stereocenters. The van der Waals surface area contributed by atoms with Crippen molar-refractivity contribution in [1.82, 2.24) is 9.46 Å². The predicted octanol–water partition coefficient (Wildman–Crippen LogP) is 2.28. The highest BCUT2D eigenvalue weighted by atomic mass is 32.2. The van der Waals surface area contributed by atoms with E-state index in [0.29, 0.717) is 0 Å². The predicted molar refractivity (Wildman–Crippen MR) is 118 cm³/mol. The van der Waals surface area contributed by atoms with Gasteiger partial charge in [0, 0.05) is 0 Å². The minimum atomic E-state index is -8.00. The van der Waals surface area contributed by atoms with E-state index in [1.54, 1.807) is 0 Å². The third-order valence-corrected chi connectivity index (χ3v) is 8.48. The molecule has 50 heavy (non-hydrogen) atoms. The normalized spacial score (nSPS) is 15.2. The van der Waals surface area contributed by atoms with E-state index >= 15 is 0 Å². The lowest BCUT2D eigenvalue weighted by molar-refractivity contribution is -0.382. The van der Waals surface area contributed by atoms with Crippen LogP contribution in [0.3, 0.4) is 0 Å². The molecule has 0 radical (unpaired) electrons. The number of hydrogen-bond acceptors (Lipinski definition) is 10. The molecule has 0 spiro atoms. The second kappa shape index (κ2) is 10.6. The third kappa shape index (κ3) is 5.05. The number of alkyl halides is 18. The molecule has 0 amide bonds. The molecule has 0 unspecified atom stereocenters. The highest BCUT2D eigenvalue weighted by Crippen LogP contribution is 2.56. The maximum absolute atomic E-state index is 13.9. The average Bonchev–Trinajstić information content (AvgIpc) is 3.29. The molecule has 0 fully saturated rings. The first-order valence-electron chi connectivity index (χ1n) is 11.0. The molecule has 0 bridgehead atoms. The fourth-order valence-corrected chi connectivity index (χ4v) is 5.13. The summed E-state index contributed by atoms with van der Waals surface area (Å²) in [5.74, 6) is -31.6. The number of hydrogen-bond donors (Lipinski definition) is 0. The van der Waals surface area contributed by atoms with E-state index in [1.807, 2.05) is 0 Å². The van der Waals surface area contributed by atoms with Crippen LogP contribution in [0, 0.1) is 0 Å². The minimum Gasteiger partial charge on any atom is -0.276 e. The SMILES string of the molecule is O=c1c2cc3c(=O)n(OS(=O)(=O)C(F)(F)C(F)(F)C(F)(F)C(F)(F)F)c(=O)c3cc2c(=O)n1OS(=O)(=O)C(F)(F)C(F)(F)C(F)(F)C(F)(F)F. The van der Waals surface area contributed by atoms with Crippen molar-refractivity contribution in [1.29, 1.82) is 0 Å². The van der Waals surface area contributed by atoms with Gasteiger partial charge in [0.25, 0.3) is 22.2 Å². The van der Waals surface area contributed by atoms with Gasteiger partial charge in [-0.2, -0.15) is 95.9 Å². The second-order valence-corrected chi connectivity index (χ2v) is 12.3. The van der Waals surface area contributed by atoms with Crippen LogP contribution in [0.1, 0.15) is 0 Å².